The van der Waals surface area contributed by atoms with Crippen LogP contribution in [0.15, 0.2) is 48.5 Å². The van der Waals surface area contributed by atoms with Crippen LogP contribution in [0.2, 0.25) is 0 Å². The van der Waals surface area contributed by atoms with Gasteiger partial charge in [-0.1, -0.05) is 35.9 Å². The first-order valence-electron chi connectivity index (χ1n) is 8.27. The Kier molecular flexibility index (Phi) is 6.95. The monoisotopic (exact) mass is 313 g/mol. The molecule has 0 fully saturated rings. The van der Waals surface area contributed by atoms with Crippen molar-refractivity contribution in [3.8, 4) is 11.5 Å². The van der Waals surface area contributed by atoms with Gasteiger partial charge in [-0.2, -0.15) is 0 Å². The molecule has 23 heavy (non-hydrogen) atoms. The van der Waals surface area contributed by atoms with E-state index in [1.54, 1.807) is 7.11 Å². The van der Waals surface area contributed by atoms with E-state index >= 15 is 0 Å². The van der Waals surface area contributed by atoms with E-state index in [1.807, 2.05) is 36.4 Å². The molecule has 0 spiro atoms. The molecular formula is C20H27NO2. The molecule has 3 heteroatoms. The van der Waals surface area contributed by atoms with Gasteiger partial charge in [-0.05, 0) is 62.4 Å². The lowest BCUT2D eigenvalue weighted by Gasteiger charge is -2.19. The van der Waals surface area contributed by atoms with Crippen molar-refractivity contribution in [2.45, 2.75) is 32.1 Å². The smallest absolute Gasteiger partial charge is 0.122 e. The fraction of sp³-hybridized carbons (Fsp3) is 0.400. The third-order valence-corrected chi connectivity index (χ3v) is 4.07. The van der Waals surface area contributed by atoms with E-state index in [0.29, 0.717) is 12.5 Å². The van der Waals surface area contributed by atoms with Crippen molar-refractivity contribution in [2.24, 2.45) is 5.73 Å². The molecule has 0 bridgehead atoms. The van der Waals surface area contributed by atoms with E-state index in [0.717, 1.165) is 37.4 Å². The number of unbranched alkanes of at least 4 members (excludes halogenated alkanes) is 1. The van der Waals surface area contributed by atoms with E-state index in [9.17, 15) is 0 Å². The normalized spacial score (nSPS) is 12.0. The lowest BCUT2D eigenvalue weighted by Crippen LogP contribution is -2.14. The predicted octanol–water partition coefficient (Wildman–Crippen LogP) is 4.30. The summed E-state index contributed by atoms with van der Waals surface area (Å²) in [6.07, 6.45) is 3.17. The van der Waals surface area contributed by atoms with Crippen molar-refractivity contribution in [3.63, 3.8) is 0 Å². The van der Waals surface area contributed by atoms with Gasteiger partial charge in [0.2, 0.25) is 0 Å². The van der Waals surface area contributed by atoms with Crippen molar-refractivity contribution < 1.29 is 9.47 Å². The van der Waals surface area contributed by atoms with Gasteiger partial charge in [0.05, 0.1) is 13.7 Å². The molecule has 1 atom stereocenters. The second-order valence-electron chi connectivity index (χ2n) is 5.84. The molecule has 2 aromatic rings. The van der Waals surface area contributed by atoms with Gasteiger partial charge < -0.3 is 15.2 Å². The van der Waals surface area contributed by atoms with Gasteiger partial charge in [-0.3, -0.25) is 0 Å². The Morgan fingerprint density at radius 2 is 1.83 bits per heavy atom. The van der Waals surface area contributed by atoms with Crippen LogP contribution in [0.1, 0.15) is 36.3 Å². The van der Waals surface area contributed by atoms with E-state index in [4.69, 9.17) is 15.2 Å². The van der Waals surface area contributed by atoms with Crippen LogP contribution < -0.4 is 15.2 Å². The number of hydrogen-bond donors (Lipinski definition) is 1. The van der Waals surface area contributed by atoms with Crippen LogP contribution in [0.4, 0.5) is 0 Å². The number of rotatable bonds is 9. The summed E-state index contributed by atoms with van der Waals surface area (Å²) in [7, 11) is 1.72. The van der Waals surface area contributed by atoms with Crippen LogP contribution in [0.3, 0.4) is 0 Å². The maximum Gasteiger partial charge on any atom is 0.122 e. The largest absolute Gasteiger partial charge is 0.496 e. The lowest BCUT2D eigenvalue weighted by molar-refractivity contribution is 0.303. The Morgan fingerprint density at radius 1 is 1.04 bits per heavy atom. The number of methoxy groups -OCH3 is 1. The average Bonchev–Trinajstić information content (AvgIpc) is 2.59. The molecule has 0 aromatic heterocycles. The van der Waals surface area contributed by atoms with Gasteiger partial charge >= 0.3 is 0 Å². The summed E-state index contributed by atoms with van der Waals surface area (Å²) in [5.41, 5.74) is 8.46. The minimum Gasteiger partial charge on any atom is -0.496 e. The zero-order valence-electron chi connectivity index (χ0n) is 14.1. The molecule has 0 saturated carbocycles. The second-order valence-corrected chi connectivity index (χ2v) is 5.84. The lowest BCUT2D eigenvalue weighted by atomic mass is 9.92. The van der Waals surface area contributed by atoms with Gasteiger partial charge in [-0.15, -0.1) is 0 Å². The molecule has 0 aliphatic rings. The summed E-state index contributed by atoms with van der Waals surface area (Å²) in [5.74, 6) is 2.20. The predicted molar refractivity (Wildman–Crippen MR) is 95.3 cm³/mol. The van der Waals surface area contributed by atoms with Crippen LogP contribution in [0.5, 0.6) is 11.5 Å². The molecule has 0 amide bonds. The highest BCUT2D eigenvalue weighted by Gasteiger charge is 2.14. The molecule has 0 heterocycles. The third kappa shape index (κ3) is 5.29. The Morgan fingerprint density at radius 3 is 2.52 bits per heavy atom. The quantitative estimate of drug-likeness (QED) is 0.702. The summed E-state index contributed by atoms with van der Waals surface area (Å²) >= 11 is 0. The number of benzene rings is 2. The number of para-hydroxylation sites is 1. The standard InChI is InChI=1S/C20H27NO2/c1-16-11-12-20(22-2)19(14-16)17(15-21)8-6-7-13-23-18-9-4-3-5-10-18/h3-5,9-12,14,17H,6-8,13,15,21H2,1-2H3. The molecule has 124 valence electrons. The molecule has 2 aromatic carbocycles. The zero-order chi connectivity index (χ0) is 16.5. The van der Waals surface area contributed by atoms with Gasteiger partial charge in [-0.25, -0.2) is 0 Å². The summed E-state index contributed by atoms with van der Waals surface area (Å²) < 4.78 is 11.2. The Balaban J connectivity index is 1.82. The molecule has 0 saturated heterocycles. The van der Waals surface area contributed by atoms with Gasteiger partial charge in [0.15, 0.2) is 0 Å². The molecular weight excluding hydrogens is 286 g/mol. The Bertz CT molecular complexity index is 583. The van der Waals surface area contributed by atoms with E-state index in [2.05, 4.69) is 19.1 Å². The first-order chi connectivity index (χ1) is 11.2. The van der Waals surface area contributed by atoms with Crippen molar-refractivity contribution in [2.75, 3.05) is 20.3 Å². The SMILES string of the molecule is COc1ccc(C)cc1C(CN)CCCCOc1ccccc1. The number of ether oxygens (including phenoxy) is 2. The fourth-order valence-electron chi connectivity index (χ4n) is 2.77. The summed E-state index contributed by atoms with van der Waals surface area (Å²) in [5, 5.41) is 0. The molecule has 0 radical (unpaired) electrons. The number of hydrogen-bond acceptors (Lipinski definition) is 3. The maximum absolute atomic E-state index is 6.00. The number of aryl methyl sites for hydroxylation is 1. The van der Waals surface area contributed by atoms with Crippen molar-refractivity contribution in [1.82, 2.24) is 0 Å². The summed E-state index contributed by atoms with van der Waals surface area (Å²) in [6, 6.07) is 16.2. The Hall–Kier alpha value is -2.00. The number of nitrogens with two attached hydrogens (primary N) is 1. The molecule has 0 aliphatic carbocycles. The van der Waals surface area contributed by atoms with Crippen molar-refractivity contribution in [1.29, 1.82) is 0 Å². The van der Waals surface area contributed by atoms with E-state index in [1.165, 1.54) is 11.1 Å². The zero-order valence-corrected chi connectivity index (χ0v) is 14.1. The molecule has 2 N–H and O–H groups in total. The topological polar surface area (TPSA) is 44.5 Å². The highest BCUT2D eigenvalue weighted by molar-refractivity contribution is 5.39. The molecule has 1 unspecified atom stereocenters. The minimum atomic E-state index is 0.335. The Labute approximate surface area is 139 Å². The van der Waals surface area contributed by atoms with Crippen LogP contribution in [-0.4, -0.2) is 20.3 Å². The highest BCUT2D eigenvalue weighted by Crippen LogP contribution is 2.30. The van der Waals surface area contributed by atoms with Crippen LogP contribution >= 0.6 is 0 Å². The van der Waals surface area contributed by atoms with Gasteiger partial charge in [0.1, 0.15) is 11.5 Å². The minimum absolute atomic E-state index is 0.335. The maximum atomic E-state index is 6.00. The molecule has 3 nitrogen and oxygen atoms in total. The third-order valence-electron chi connectivity index (χ3n) is 4.07. The van der Waals surface area contributed by atoms with Gasteiger partial charge in [0.25, 0.3) is 0 Å². The molecule has 0 aliphatic heterocycles. The highest BCUT2D eigenvalue weighted by atomic mass is 16.5. The van der Waals surface area contributed by atoms with Crippen molar-refractivity contribution in [3.05, 3.63) is 59.7 Å². The van der Waals surface area contributed by atoms with Crippen LogP contribution in [0, 0.1) is 6.92 Å². The van der Waals surface area contributed by atoms with Crippen LogP contribution in [0.25, 0.3) is 0 Å². The van der Waals surface area contributed by atoms with Gasteiger partial charge in [0, 0.05) is 0 Å². The van der Waals surface area contributed by atoms with E-state index < -0.39 is 0 Å². The summed E-state index contributed by atoms with van der Waals surface area (Å²) in [4.78, 5) is 0. The summed E-state index contributed by atoms with van der Waals surface area (Å²) in [6.45, 7) is 3.48. The first kappa shape index (κ1) is 17.4. The van der Waals surface area contributed by atoms with Crippen molar-refractivity contribution >= 4 is 0 Å². The molecule has 2 rings (SSSR count). The fourth-order valence-corrected chi connectivity index (χ4v) is 2.77. The second kappa shape index (κ2) is 9.21. The first-order valence-corrected chi connectivity index (χ1v) is 8.27. The van der Waals surface area contributed by atoms with E-state index in [-0.39, 0.29) is 0 Å². The average molecular weight is 313 g/mol. The van der Waals surface area contributed by atoms with Crippen LogP contribution in [-0.2, 0) is 0 Å².